The van der Waals surface area contributed by atoms with Crippen LogP contribution in [-0.2, 0) is 37.1 Å². The van der Waals surface area contributed by atoms with Gasteiger partial charge in [-0.15, -0.1) is 6.58 Å². The molecule has 360 valence electrons. The van der Waals surface area contributed by atoms with Crippen LogP contribution in [0.5, 0.6) is 0 Å². The van der Waals surface area contributed by atoms with Crippen LogP contribution in [0.3, 0.4) is 0 Å². The number of amides is 1. The molecule has 1 amide bonds. The van der Waals surface area contributed by atoms with Gasteiger partial charge < -0.3 is 36.0 Å². The third-order valence-corrected chi connectivity index (χ3v) is 16.6. The quantitative estimate of drug-likeness (QED) is 0.0383. The average Bonchev–Trinajstić information content (AvgIpc) is 3.74. The van der Waals surface area contributed by atoms with E-state index in [1.54, 1.807) is 20.0 Å². The number of aldehydes is 1. The molecule has 0 aromatic heterocycles. The second-order valence-electron chi connectivity index (χ2n) is 20.4. The lowest BCUT2D eigenvalue weighted by Gasteiger charge is -2.69. The van der Waals surface area contributed by atoms with Gasteiger partial charge in [-0.3, -0.25) is 9.74 Å². The van der Waals surface area contributed by atoms with E-state index in [0.29, 0.717) is 54.3 Å². The standard InChI is InChI=1S/C26H42O2.C23H35FN4O3.C3H6.CH2O/c1-23(2)20-10-13-24(3)18-9-15-26(16-27)12-5-6-19(26)17(18)7-8-21(24)25(20,4)14-11-22(23)28;1-5-18(10-11-25-3)14-17(2)22(29)28-16-20-8-6-19(7-9-20)15-21(23(30)31-24)27-13-12-26-4;1-3-2;1-2/h16-22,28H,5-15H2,1-4H3;5-9,14,21,25-27H,10-13,15-16H2,1-4H3,(H,28,29);3H,1H2,2H3;1H2/b;17-14+,18-5-;;. The Morgan fingerprint density at radius 1 is 0.859 bits per heavy atom. The van der Waals surface area contributed by atoms with Crippen molar-refractivity contribution in [1.82, 2.24) is 21.3 Å². The Hall–Kier alpha value is -3.51. The Kier molecular flexibility index (Phi) is 21.8. The third-order valence-electron chi connectivity index (χ3n) is 16.6. The molecule has 10 nitrogen and oxygen atoms in total. The number of carbonyl (C=O) groups is 4. The van der Waals surface area contributed by atoms with Gasteiger partial charge in [0.05, 0.1) is 6.10 Å². The lowest BCUT2D eigenvalue weighted by molar-refractivity contribution is -0.213. The molecule has 0 spiro atoms. The molecule has 5 aliphatic carbocycles. The van der Waals surface area contributed by atoms with Gasteiger partial charge in [-0.05, 0) is 175 Å². The molecule has 0 radical (unpaired) electrons. The van der Waals surface area contributed by atoms with Crippen LogP contribution in [0.4, 0.5) is 4.53 Å². The normalized spacial score (nSPS) is 31.7. The number of nitrogens with one attached hydrogen (secondary N) is 4. The fourth-order valence-electron chi connectivity index (χ4n) is 13.4. The summed E-state index contributed by atoms with van der Waals surface area (Å²) in [5.74, 6) is 2.70. The van der Waals surface area contributed by atoms with E-state index < -0.39 is 12.0 Å². The van der Waals surface area contributed by atoms with Crippen molar-refractivity contribution in [2.75, 3.05) is 33.7 Å². The number of hydrogen-bond acceptors (Lipinski definition) is 9. The molecule has 5 N–H and O–H groups in total. The third kappa shape index (κ3) is 12.7. The van der Waals surface area contributed by atoms with Gasteiger partial charge in [-0.2, -0.15) is 0 Å². The van der Waals surface area contributed by atoms with Crippen molar-refractivity contribution >= 4 is 25.0 Å². The molecule has 5 saturated carbocycles. The van der Waals surface area contributed by atoms with Crippen molar-refractivity contribution in [2.45, 2.75) is 151 Å². The lowest BCUT2D eigenvalue weighted by atomic mass is 9.36. The van der Waals surface area contributed by atoms with Gasteiger partial charge in [0.2, 0.25) is 5.91 Å². The van der Waals surface area contributed by atoms with Crippen LogP contribution in [0.1, 0.15) is 137 Å². The molecule has 10 atom stereocenters. The zero-order chi connectivity index (χ0) is 47.7. The Morgan fingerprint density at radius 3 is 2.11 bits per heavy atom. The van der Waals surface area contributed by atoms with Crippen LogP contribution in [0.2, 0.25) is 0 Å². The van der Waals surface area contributed by atoms with Crippen LogP contribution in [0.15, 0.2) is 60.2 Å². The van der Waals surface area contributed by atoms with E-state index in [1.165, 1.54) is 57.7 Å². The molecule has 0 saturated heterocycles. The lowest BCUT2D eigenvalue weighted by Crippen LogP contribution is -2.63. The van der Waals surface area contributed by atoms with Gasteiger partial charge in [0.1, 0.15) is 19.1 Å². The number of carbonyl (C=O) groups excluding carboxylic acids is 4. The molecule has 10 unspecified atom stereocenters. The highest BCUT2D eigenvalue weighted by Gasteiger charge is 2.66. The Labute approximate surface area is 385 Å². The number of likely N-dealkylation sites (N-methyl/N-ethyl adjacent to an activating group) is 1. The van der Waals surface area contributed by atoms with Crippen LogP contribution in [0, 0.1) is 51.2 Å². The minimum atomic E-state index is -0.940. The number of aliphatic hydroxyl groups excluding tert-OH is 1. The zero-order valence-electron chi connectivity index (χ0n) is 41.0. The highest BCUT2D eigenvalue weighted by molar-refractivity contribution is 5.93. The Bertz CT molecular complexity index is 1720. The number of benzene rings is 1. The molecular weight excluding hydrogens is 808 g/mol. The van der Waals surface area contributed by atoms with E-state index in [9.17, 15) is 24.0 Å². The first kappa shape index (κ1) is 54.8. The maximum Gasteiger partial charge on any atom is 0.365 e. The molecule has 6 rings (SSSR count). The summed E-state index contributed by atoms with van der Waals surface area (Å²) in [6.45, 7) is 23.3. The molecule has 0 bridgehead atoms. The molecule has 5 aliphatic rings. The van der Waals surface area contributed by atoms with E-state index in [2.05, 4.69) is 60.5 Å². The molecule has 64 heavy (non-hydrogen) atoms. The number of allylic oxidation sites excluding steroid dienone is 3. The summed E-state index contributed by atoms with van der Waals surface area (Å²) in [7, 11) is 3.69. The summed E-state index contributed by atoms with van der Waals surface area (Å²) in [4.78, 5) is 47.5. The average molecular weight is 893 g/mol. The number of hydrogen-bond donors (Lipinski definition) is 5. The highest BCUT2D eigenvalue weighted by Crippen LogP contribution is 2.72. The van der Waals surface area contributed by atoms with Crippen molar-refractivity contribution in [3.8, 4) is 0 Å². The molecule has 1 aromatic carbocycles. The molecular formula is C53H85FN4O6. The van der Waals surface area contributed by atoms with Crippen LogP contribution >= 0.6 is 0 Å². The topological polar surface area (TPSA) is 146 Å². The molecule has 5 fully saturated rings. The van der Waals surface area contributed by atoms with Crippen molar-refractivity contribution in [3.05, 3.63) is 71.3 Å². The van der Waals surface area contributed by atoms with Gasteiger partial charge in [0, 0.05) is 35.1 Å². The molecule has 0 aliphatic heterocycles. The summed E-state index contributed by atoms with van der Waals surface area (Å²) < 4.78 is 12.4. The van der Waals surface area contributed by atoms with E-state index in [0.717, 1.165) is 66.7 Å². The predicted molar refractivity (Wildman–Crippen MR) is 257 cm³/mol. The highest BCUT2D eigenvalue weighted by atomic mass is 19.3. The number of aliphatic hydroxyl groups is 1. The summed E-state index contributed by atoms with van der Waals surface area (Å²) in [6.07, 6.45) is 21.8. The minimum absolute atomic E-state index is 0.0441. The van der Waals surface area contributed by atoms with Crippen LogP contribution in [0.25, 0.3) is 0 Å². The monoisotopic (exact) mass is 893 g/mol. The van der Waals surface area contributed by atoms with Crippen molar-refractivity contribution in [2.24, 2.45) is 51.2 Å². The van der Waals surface area contributed by atoms with Gasteiger partial charge in [0.15, 0.2) is 0 Å². The molecule has 0 heterocycles. The van der Waals surface area contributed by atoms with Crippen LogP contribution in [-0.4, -0.2) is 75.9 Å². The molecule has 1 aromatic rings. The van der Waals surface area contributed by atoms with Gasteiger partial charge in [-0.25, -0.2) is 4.79 Å². The van der Waals surface area contributed by atoms with Crippen molar-refractivity contribution in [1.29, 1.82) is 0 Å². The zero-order valence-corrected chi connectivity index (χ0v) is 41.0. The second-order valence-corrected chi connectivity index (χ2v) is 20.4. The Morgan fingerprint density at radius 2 is 1.50 bits per heavy atom. The molecule has 11 heteroatoms. The number of halogens is 1. The number of rotatable bonds is 15. The maximum absolute atomic E-state index is 12.4. The first-order valence-electron chi connectivity index (χ1n) is 24.1. The van der Waals surface area contributed by atoms with Gasteiger partial charge >= 0.3 is 5.97 Å². The maximum atomic E-state index is 12.4. The SMILES string of the molecule is C/C=C(\C=C(/C)C(=O)NCc1ccc(CC(NCCNC)C(=O)OF)cc1)CCNC.C=CC.C=O.CC1(C)C(O)CCC2(C)C1CCC1(C)C3CCC4(C=O)CCCC4C3CCC12. The number of fused-ring (bicyclic) bond motifs is 7. The van der Waals surface area contributed by atoms with Crippen molar-refractivity contribution < 1.29 is 33.8 Å². The first-order valence-corrected chi connectivity index (χ1v) is 24.1. The van der Waals surface area contributed by atoms with Gasteiger partial charge in [0.25, 0.3) is 0 Å². The van der Waals surface area contributed by atoms with E-state index >= 15 is 0 Å². The largest absolute Gasteiger partial charge is 0.393 e. The summed E-state index contributed by atoms with van der Waals surface area (Å²) in [5, 5.41) is 22.7. The summed E-state index contributed by atoms with van der Waals surface area (Å²) >= 11 is 0. The first-order chi connectivity index (χ1) is 30.5. The van der Waals surface area contributed by atoms with E-state index in [4.69, 9.17) is 4.79 Å². The van der Waals surface area contributed by atoms with E-state index in [1.807, 2.05) is 64.1 Å². The van der Waals surface area contributed by atoms with Crippen LogP contribution < -0.4 is 21.3 Å². The summed E-state index contributed by atoms with van der Waals surface area (Å²) in [6, 6.07) is 6.71. The fourth-order valence-corrected chi connectivity index (χ4v) is 13.4. The Balaban J connectivity index is 0.000000310. The minimum Gasteiger partial charge on any atom is -0.393 e. The fraction of sp³-hybridized carbons (Fsp3) is 0.698. The smallest absolute Gasteiger partial charge is 0.365 e. The predicted octanol–water partition coefficient (Wildman–Crippen LogP) is 8.97. The van der Waals surface area contributed by atoms with Gasteiger partial charge in [-0.1, -0.05) is 82.2 Å². The second kappa shape index (κ2) is 25.4. The summed E-state index contributed by atoms with van der Waals surface area (Å²) in [5.41, 5.74) is 4.48. The van der Waals surface area contributed by atoms with E-state index in [-0.39, 0.29) is 22.8 Å². The van der Waals surface area contributed by atoms with Crippen molar-refractivity contribution in [3.63, 3.8) is 0 Å².